The lowest BCUT2D eigenvalue weighted by molar-refractivity contribution is -0.167. The molecule has 0 aliphatic heterocycles. The third-order valence-corrected chi connectivity index (χ3v) is 13.6. The second-order valence-corrected chi connectivity index (χ2v) is 20.6. The van der Waals surface area contributed by atoms with E-state index in [9.17, 15) is 14.4 Å². The van der Waals surface area contributed by atoms with Gasteiger partial charge < -0.3 is 14.2 Å². The molecule has 0 N–H and O–H groups in total. The number of unbranched alkanes of at least 4 members (excludes halogenated alkanes) is 39. The summed E-state index contributed by atoms with van der Waals surface area (Å²) in [7, 11) is 0. The van der Waals surface area contributed by atoms with Crippen LogP contribution in [0.3, 0.4) is 0 Å². The van der Waals surface area contributed by atoms with Crippen molar-refractivity contribution < 1.29 is 28.6 Å². The standard InChI is InChI=1S/C63H116O6/c1-4-7-10-13-16-19-22-25-27-29-30-31-32-34-35-38-41-44-47-50-53-56-62(65)68-59-60(58-67-61(64)55-52-49-46-43-40-37-24-21-18-15-12-9-6-3)69-63(66)57-54-51-48-45-42-39-36-33-28-26-23-20-17-14-11-8-5-2/h17,20-21,24,26,28,60H,4-16,18-19,22-23,25,27,29-59H2,1-3H3/b20-17-,24-21-,28-26-. The van der Waals surface area contributed by atoms with Crippen molar-refractivity contribution in [1.29, 1.82) is 0 Å². The molecule has 1 unspecified atom stereocenters. The zero-order valence-electron chi connectivity index (χ0n) is 46.3. The van der Waals surface area contributed by atoms with Crippen molar-refractivity contribution in [1.82, 2.24) is 0 Å². The minimum absolute atomic E-state index is 0.0742. The van der Waals surface area contributed by atoms with Gasteiger partial charge in [-0.15, -0.1) is 0 Å². The average molecular weight is 970 g/mol. The van der Waals surface area contributed by atoms with E-state index >= 15 is 0 Å². The van der Waals surface area contributed by atoms with Gasteiger partial charge >= 0.3 is 17.9 Å². The van der Waals surface area contributed by atoms with Crippen molar-refractivity contribution in [3.8, 4) is 0 Å². The summed E-state index contributed by atoms with van der Waals surface area (Å²) in [5.74, 6) is -0.872. The summed E-state index contributed by atoms with van der Waals surface area (Å²) in [4.78, 5) is 38.2. The predicted octanol–water partition coefficient (Wildman–Crippen LogP) is 20.4. The van der Waals surface area contributed by atoms with Crippen molar-refractivity contribution in [3.05, 3.63) is 36.5 Å². The minimum atomic E-state index is -0.777. The molecule has 6 nitrogen and oxygen atoms in total. The molecule has 0 aliphatic carbocycles. The van der Waals surface area contributed by atoms with E-state index in [0.29, 0.717) is 19.3 Å². The number of allylic oxidation sites excluding steroid dienone is 6. The molecule has 0 aliphatic rings. The highest BCUT2D eigenvalue weighted by Gasteiger charge is 2.19. The Balaban J connectivity index is 4.30. The quantitative estimate of drug-likeness (QED) is 0.0261. The van der Waals surface area contributed by atoms with E-state index in [0.717, 1.165) is 77.0 Å². The normalized spacial score (nSPS) is 12.2. The topological polar surface area (TPSA) is 78.9 Å². The number of rotatable bonds is 56. The first-order valence-corrected chi connectivity index (χ1v) is 30.5. The van der Waals surface area contributed by atoms with Crippen LogP contribution in [0.15, 0.2) is 36.5 Å². The molecule has 0 rings (SSSR count). The molecule has 0 bridgehead atoms. The molecule has 0 aromatic carbocycles. The number of carbonyl (C=O) groups excluding carboxylic acids is 3. The van der Waals surface area contributed by atoms with Gasteiger partial charge in [0.05, 0.1) is 0 Å². The van der Waals surface area contributed by atoms with E-state index in [-0.39, 0.29) is 31.1 Å². The van der Waals surface area contributed by atoms with Crippen LogP contribution in [0.1, 0.15) is 329 Å². The highest BCUT2D eigenvalue weighted by atomic mass is 16.6. The molecule has 0 amide bonds. The van der Waals surface area contributed by atoms with Gasteiger partial charge in [0.15, 0.2) is 6.10 Å². The first-order valence-electron chi connectivity index (χ1n) is 30.5. The van der Waals surface area contributed by atoms with Crippen molar-refractivity contribution in [2.24, 2.45) is 0 Å². The molecule has 6 heteroatoms. The molecule has 0 saturated heterocycles. The molecule has 69 heavy (non-hydrogen) atoms. The summed E-state index contributed by atoms with van der Waals surface area (Å²) in [6.45, 7) is 6.64. The Morgan fingerprint density at radius 2 is 0.522 bits per heavy atom. The van der Waals surface area contributed by atoms with E-state index in [1.807, 2.05) is 0 Å². The third kappa shape index (κ3) is 56.4. The number of hydrogen-bond acceptors (Lipinski definition) is 6. The zero-order valence-corrected chi connectivity index (χ0v) is 46.3. The van der Waals surface area contributed by atoms with Crippen LogP contribution >= 0.6 is 0 Å². The molecular weight excluding hydrogens is 853 g/mol. The summed E-state index contributed by atoms with van der Waals surface area (Å²) < 4.78 is 16.9. The Hall–Kier alpha value is -2.37. The maximum Gasteiger partial charge on any atom is 0.306 e. The summed E-state index contributed by atoms with van der Waals surface area (Å²) in [6, 6.07) is 0. The fourth-order valence-electron chi connectivity index (χ4n) is 9.00. The van der Waals surface area contributed by atoms with E-state index < -0.39 is 6.10 Å². The van der Waals surface area contributed by atoms with Crippen LogP contribution in [-0.4, -0.2) is 37.2 Å². The molecule has 0 aromatic heterocycles. The summed E-state index contributed by atoms with van der Waals surface area (Å²) in [5, 5.41) is 0. The Labute approximate surface area is 429 Å². The Bertz CT molecular complexity index is 1160. The lowest BCUT2D eigenvalue weighted by Crippen LogP contribution is -2.30. The molecule has 0 saturated carbocycles. The number of hydrogen-bond donors (Lipinski definition) is 0. The maximum atomic E-state index is 12.9. The fourth-order valence-corrected chi connectivity index (χ4v) is 9.00. The largest absolute Gasteiger partial charge is 0.462 e. The predicted molar refractivity (Wildman–Crippen MR) is 298 cm³/mol. The highest BCUT2D eigenvalue weighted by Crippen LogP contribution is 2.17. The van der Waals surface area contributed by atoms with E-state index in [1.165, 1.54) is 212 Å². The summed E-state index contributed by atoms with van der Waals surface area (Å²) in [6.07, 6.45) is 70.0. The molecular formula is C63H116O6. The van der Waals surface area contributed by atoms with Gasteiger partial charge in [-0.25, -0.2) is 0 Å². The van der Waals surface area contributed by atoms with Gasteiger partial charge in [0, 0.05) is 19.3 Å². The smallest absolute Gasteiger partial charge is 0.306 e. The summed E-state index contributed by atoms with van der Waals surface area (Å²) in [5.41, 5.74) is 0. The number of esters is 3. The van der Waals surface area contributed by atoms with Crippen LogP contribution in [0.2, 0.25) is 0 Å². The molecule has 0 heterocycles. The zero-order chi connectivity index (χ0) is 50.0. The summed E-state index contributed by atoms with van der Waals surface area (Å²) >= 11 is 0. The van der Waals surface area contributed by atoms with Crippen LogP contribution in [-0.2, 0) is 28.6 Å². The van der Waals surface area contributed by atoms with Gasteiger partial charge in [-0.05, 0) is 77.0 Å². The Morgan fingerprint density at radius 1 is 0.290 bits per heavy atom. The lowest BCUT2D eigenvalue weighted by atomic mass is 10.0. The molecule has 0 aromatic rings. The van der Waals surface area contributed by atoms with Gasteiger partial charge in [0.1, 0.15) is 13.2 Å². The van der Waals surface area contributed by atoms with Gasteiger partial charge in [0.2, 0.25) is 0 Å². The van der Waals surface area contributed by atoms with Crippen LogP contribution in [0, 0.1) is 0 Å². The van der Waals surface area contributed by atoms with Gasteiger partial charge in [-0.1, -0.05) is 269 Å². The third-order valence-electron chi connectivity index (χ3n) is 13.6. The van der Waals surface area contributed by atoms with Crippen molar-refractivity contribution in [2.45, 2.75) is 335 Å². The van der Waals surface area contributed by atoms with Crippen LogP contribution < -0.4 is 0 Å². The Morgan fingerprint density at radius 3 is 0.855 bits per heavy atom. The lowest BCUT2D eigenvalue weighted by Gasteiger charge is -2.18. The van der Waals surface area contributed by atoms with Gasteiger partial charge in [0.25, 0.3) is 0 Å². The van der Waals surface area contributed by atoms with Crippen LogP contribution in [0.25, 0.3) is 0 Å². The molecule has 0 fully saturated rings. The first kappa shape index (κ1) is 66.6. The van der Waals surface area contributed by atoms with Crippen molar-refractivity contribution in [3.63, 3.8) is 0 Å². The highest BCUT2D eigenvalue weighted by molar-refractivity contribution is 5.71. The van der Waals surface area contributed by atoms with Crippen molar-refractivity contribution >= 4 is 17.9 Å². The SMILES string of the molecule is CCCCC/C=C\C/C=C\CCCCCCCCCC(=O)OC(COC(=O)CCCCCCC/C=C\CCCCCC)COC(=O)CCCCCCCCCCCCCCCCCCCCCCC. The van der Waals surface area contributed by atoms with Crippen LogP contribution in [0.5, 0.6) is 0 Å². The van der Waals surface area contributed by atoms with Gasteiger partial charge in [-0.3, -0.25) is 14.4 Å². The van der Waals surface area contributed by atoms with E-state index in [1.54, 1.807) is 0 Å². The van der Waals surface area contributed by atoms with Crippen LogP contribution in [0.4, 0.5) is 0 Å². The average Bonchev–Trinajstić information content (AvgIpc) is 3.35. The van der Waals surface area contributed by atoms with Crippen molar-refractivity contribution in [2.75, 3.05) is 13.2 Å². The Kier molecular flexibility index (Phi) is 56.2. The maximum absolute atomic E-state index is 12.9. The molecule has 1 atom stereocenters. The fraction of sp³-hybridized carbons (Fsp3) is 0.857. The van der Waals surface area contributed by atoms with Gasteiger partial charge in [-0.2, -0.15) is 0 Å². The second kappa shape index (κ2) is 58.2. The first-order chi connectivity index (χ1) is 34.0. The molecule has 0 spiro atoms. The number of ether oxygens (including phenoxy) is 3. The monoisotopic (exact) mass is 969 g/mol. The number of carbonyl (C=O) groups is 3. The molecule has 404 valence electrons. The minimum Gasteiger partial charge on any atom is -0.462 e. The van der Waals surface area contributed by atoms with E-state index in [4.69, 9.17) is 14.2 Å². The molecule has 0 radical (unpaired) electrons. The second-order valence-electron chi connectivity index (χ2n) is 20.6. The van der Waals surface area contributed by atoms with E-state index in [2.05, 4.69) is 57.2 Å².